The molecular weight excluding hydrogens is 156 g/mol. The highest BCUT2D eigenvalue weighted by molar-refractivity contribution is 5.76. The van der Waals surface area contributed by atoms with Crippen LogP contribution in [0.15, 0.2) is 0 Å². The van der Waals surface area contributed by atoms with Gasteiger partial charge in [-0.05, 0) is 0 Å². The Balaban J connectivity index is 3.92. The summed E-state index contributed by atoms with van der Waals surface area (Å²) in [5, 5.41) is 33.2. The van der Waals surface area contributed by atoms with E-state index in [9.17, 15) is 9.59 Å². The van der Waals surface area contributed by atoms with Crippen LogP contribution in [-0.2, 0) is 9.59 Å². The Hall–Kier alpha value is -1.14. The summed E-state index contributed by atoms with van der Waals surface area (Å²) < 4.78 is 0. The molecular formula is C5H8O6. The first kappa shape index (κ1) is 9.86. The van der Waals surface area contributed by atoms with Gasteiger partial charge in [-0.25, -0.2) is 4.79 Å². The first-order valence-corrected chi connectivity index (χ1v) is 2.76. The number of rotatable bonds is 4. The third-order valence-corrected chi connectivity index (χ3v) is 1.03. The topological polar surface area (TPSA) is 115 Å². The van der Waals surface area contributed by atoms with Crippen LogP contribution in [0.3, 0.4) is 0 Å². The highest BCUT2D eigenvalue weighted by Crippen LogP contribution is 2.08. The lowest BCUT2D eigenvalue weighted by atomic mass is 10.1. The van der Waals surface area contributed by atoms with Gasteiger partial charge in [0.25, 0.3) is 5.79 Å². The maximum Gasteiger partial charge on any atom is 0.364 e. The smallest absolute Gasteiger partial charge is 0.364 e. The molecule has 0 aliphatic heterocycles. The molecule has 0 aromatic heterocycles. The summed E-state index contributed by atoms with van der Waals surface area (Å²) in [6.07, 6.45) is -1.32. The Morgan fingerprint density at radius 2 is 1.64 bits per heavy atom. The second-order valence-electron chi connectivity index (χ2n) is 2.02. The molecule has 0 aromatic rings. The molecule has 64 valence electrons. The molecule has 0 atom stereocenters. The normalized spacial score (nSPS) is 11.1. The third-order valence-electron chi connectivity index (χ3n) is 1.03. The lowest BCUT2D eigenvalue weighted by molar-refractivity contribution is -0.206. The van der Waals surface area contributed by atoms with Gasteiger partial charge in [-0.1, -0.05) is 0 Å². The van der Waals surface area contributed by atoms with Gasteiger partial charge in [0.15, 0.2) is 0 Å². The summed E-state index contributed by atoms with van der Waals surface area (Å²) in [6.45, 7) is 0. The molecule has 4 N–H and O–H groups in total. The fourth-order valence-electron chi connectivity index (χ4n) is 0.388. The molecule has 0 bridgehead atoms. The van der Waals surface area contributed by atoms with Gasteiger partial charge in [-0.15, -0.1) is 0 Å². The Morgan fingerprint density at radius 1 is 1.18 bits per heavy atom. The fourth-order valence-corrected chi connectivity index (χ4v) is 0.388. The maximum absolute atomic E-state index is 9.94. The molecule has 0 aromatic carbocycles. The Bertz CT molecular complexity index is 172. The average Bonchev–Trinajstić information content (AvgIpc) is 1.84. The molecule has 0 aliphatic rings. The van der Waals surface area contributed by atoms with E-state index in [4.69, 9.17) is 20.4 Å². The van der Waals surface area contributed by atoms with Crippen molar-refractivity contribution in [2.24, 2.45) is 0 Å². The van der Waals surface area contributed by atoms with Gasteiger partial charge in [0.05, 0.1) is 6.42 Å². The van der Waals surface area contributed by atoms with Gasteiger partial charge < -0.3 is 20.4 Å². The lowest BCUT2D eigenvalue weighted by Crippen LogP contribution is -2.38. The molecule has 0 saturated heterocycles. The van der Waals surface area contributed by atoms with Crippen molar-refractivity contribution in [1.29, 1.82) is 0 Å². The minimum absolute atomic E-state index is 0.598. The highest BCUT2D eigenvalue weighted by atomic mass is 16.5. The molecule has 0 spiro atoms. The van der Waals surface area contributed by atoms with Gasteiger partial charge in [-0.2, -0.15) is 0 Å². The highest BCUT2D eigenvalue weighted by Gasteiger charge is 2.33. The van der Waals surface area contributed by atoms with Crippen LogP contribution in [0.2, 0.25) is 0 Å². The first-order valence-electron chi connectivity index (χ1n) is 2.76. The van der Waals surface area contributed by atoms with Crippen molar-refractivity contribution in [3.05, 3.63) is 0 Å². The summed E-state index contributed by atoms with van der Waals surface area (Å²) >= 11 is 0. The molecule has 0 fully saturated rings. The predicted octanol–water partition coefficient (Wildman–Crippen LogP) is -1.38. The molecule has 0 saturated carbocycles. The van der Waals surface area contributed by atoms with Gasteiger partial charge in [-0.3, -0.25) is 4.79 Å². The molecule has 6 nitrogen and oxygen atoms in total. The number of carboxylic acid groups (broad SMARTS) is 2. The molecule has 0 rings (SSSR count). The zero-order chi connectivity index (χ0) is 9.07. The van der Waals surface area contributed by atoms with Crippen LogP contribution in [0.4, 0.5) is 0 Å². The quantitative estimate of drug-likeness (QED) is 0.380. The van der Waals surface area contributed by atoms with Gasteiger partial charge in [0.1, 0.15) is 0 Å². The van der Waals surface area contributed by atoms with Gasteiger partial charge >= 0.3 is 11.9 Å². The number of hydrogen-bond donors (Lipinski definition) is 4. The zero-order valence-corrected chi connectivity index (χ0v) is 5.52. The zero-order valence-electron chi connectivity index (χ0n) is 5.52. The van der Waals surface area contributed by atoms with E-state index < -0.39 is 30.6 Å². The SMILES string of the molecule is O=C(O)CCC(O)(O)C(=O)O. The number of carboxylic acids is 2. The Labute approximate surface area is 61.7 Å². The summed E-state index contributed by atoms with van der Waals surface area (Å²) in [7, 11) is 0. The number of aliphatic hydroxyl groups is 2. The van der Waals surface area contributed by atoms with Crippen molar-refractivity contribution in [1.82, 2.24) is 0 Å². The largest absolute Gasteiger partial charge is 0.481 e. The number of hydrogen-bond acceptors (Lipinski definition) is 4. The summed E-state index contributed by atoms with van der Waals surface area (Å²) in [5.41, 5.74) is 0. The molecule has 0 unspecified atom stereocenters. The molecule has 11 heavy (non-hydrogen) atoms. The van der Waals surface area contributed by atoms with E-state index >= 15 is 0 Å². The van der Waals surface area contributed by atoms with Crippen LogP contribution >= 0.6 is 0 Å². The van der Waals surface area contributed by atoms with E-state index in [-0.39, 0.29) is 0 Å². The second kappa shape index (κ2) is 3.31. The van der Waals surface area contributed by atoms with Crippen molar-refractivity contribution in [2.75, 3.05) is 0 Å². The number of aliphatic carboxylic acids is 2. The lowest BCUT2D eigenvalue weighted by Gasteiger charge is -2.13. The van der Waals surface area contributed by atoms with E-state index in [1.807, 2.05) is 0 Å². The molecule has 0 aliphatic carbocycles. The molecule has 0 radical (unpaired) electrons. The molecule has 0 heterocycles. The van der Waals surface area contributed by atoms with Crippen molar-refractivity contribution in [3.63, 3.8) is 0 Å². The molecule has 6 heteroatoms. The van der Waals surface area contributed by atoms with Crippen molar-refractivity contribution >= 4 is 11.9 Å². The molecule has 0 amide bonds. The van der Waals surface area contributed by atoms with Crippen LogP contribution in [0, 0.1) is 0 Å². The monoisotopic (exact) mass is 164 g/mol. The van der Waals surface area contributed by atoms with E-state index in [1.165, 1.54) is 0 Å². The predicted molar refractivity (Wildman–Crippen MR) is 31.7 cm³/mol. The fraction of sp³-hybridized carbons (Fsp3) is 0.600. The van der Waals surface area contributed by atoms with Crippen molar-refractivity contribution in [2.45, 2.75) is 18.6 Å². The minimum Gasteiger partial charge on any atom is -0.481 e. The minimum atomic E-state index is -2.93. The van der Waals surface area contributed by atoms with Crippen LogP contribution in [0.5, 0.6) is 0 Å². The summed E-state index contributed by atoms with van der Waals surface area (Å²) in [6, 6.07) is 0. The van der Waals surface area contributed by atoms with Crippen molar-refractivity contribution < 1.29 is 30.0 Å². The third kappa shape index (κ3) is 3.54. The van der Waals surface area contributed by atoms with E-state index in [0.717, 1.165) is 0 Å². The summed E-state index contributed by atoms with van der Waals surface area (Å²) in [5.74, 6) is -6.06. The van der Waals surface area contributed by atoms with E-state index in [0.29, 0.717) is 0 Å². The van der Waals surface area contributed by atoms with Gasteiger partial charge in [0.2, 0.25) is 0 Å². The Kier molecular flexibility index (Phi) is 2.97. The van der Waals surface area contributed by atoms with Crippen molar-refractivity contribution in [3.8, 4) is 0 Å². The standard InChI is InChI=1S/C5H8O6/c6-3(7)1-2-5(10,11)4(8)9/h10-11H,1-2H2,(H,6,7)(H,8,9). The van der Waals surface area contributed by atoms with E-state index in [1.54, 1.807) is 0 Å². The van der Waals surface area contributed by atoms with Gasteiger partial charge in [0, 0.05) is 6.42 Å². The van der Waals surface area contributed by atoms with Crippen LogP contribution in [-0.4, -0.2) is 38.2 Å². The average molecular weight is 164 g/mol. The van der Waals surface area contributed by atoms with E-state index in [2.05, 4.69) is 0 Å². The summed E-state index contributed by atoms with van der Waals surface area (Å²) in [4.78, 5) is 19.8. The van der Waals surface area contributed by atoms with Crippen LogP contribution < -0.4 is 0 Å². The Morgan fingerprint density at radius 3 is 1.91 bits per heavy atom. The van der Waals surface area contributed by atoms with Crippen LogP contribution in [0.1, 0.15) is 12.8 Å². The first-order chi connectivity index (χ1) is 4.86. The number of carbonyl (C=O) groups is 2. The van der Waals surface area contributed by atoms with Crippen LogP contribution in [0.25, 0.3) is 0 Å². The maximum atomic E-state index is 9.94. The second-order valence-corrected chi connectivity index (χ2v) is 2.02.